The Labute approximate surface area is 80.0 Å². The SMILES string of the molecule is FC(F)C(F)(C(F)(F)F)C(F)(F)C(F)(F)F. The molecule has 0 radical (unpaired) electrons. The molecule has 0 saturated carbocycles. The lowest BCUT2D eigenvalue weighted by Crippen LogP contribution is -2.65. The molecule has 0 spiro atoms. The van der Waals surface area contributed by atoms with Crippen LogP contribution in [-0.2, 0) is 0 Å². The van der Waals surface area contributed by atoms with Crippen LogP contribution >= 0.6 is 0 Å². The Morgan fingerprint density at radius 2 is 0.875 bits per heavy atom. The van der Waals surface area contributed by atoms with E-state index in [-0.39, 0.29) is 0 Å². The molecule has 98 valence electrons. The maximum Gasteiger partial charge on any atom is 0.457 e. The summed E-state index contributed by atoms with van der Waals surface area (Å²) in [6.07, 6.45) is -19.7. The second-order valence-electron chi connectivity index (χ2n) is 2.58. The molecule has 0 amide bonds. The summed E-state index contributed by atoms with van der Waals surface area (Å²) in [5, 5.41) is 0. The van der Waals surface area contributed by atoms with E-state index in [2.05, 4.69) is 0 Å². The van der Waals surface area contributed by atoms with Crippen molar-refractivity contribution in [3.05, 3.63) is 0 Å². The Balaban J connectivity index is 5.75. The summed E-state index contributed by atoms with van der Waals surface area (Å²) >= 11 is 0. The molecule has 0 aliphatic rings. The maximum absolute atomic E-state index is 12.4. The lowest BCUT2D eigenvalue weighted by atomic mass is 9.97. The van der Waals surface area contributed by atoms with Crippen LogP contribution in [0.2, 0.25) is 0 Å². The molecule has 0 N–H and O–H groups in total. The molecule has 16 heavy (non-hydrogen) atoms. The van der Waals surface area contributed by atoms with Gasteiger partial charge in [0.1, 0.15) is 0 Å². The molecule has 0 rings (SSSR count). The Bertz CT molecular complexity index is 246. The molecule has 0 aromatic rings. The van der Waals surface area contributed by atoms with Crippen molar-refractivity contribution in [2.75, 3.05) is 0 Å². The second-order valence-corrected chi connectivity index (χ2v) is 2.58. The monoisotopic (exact) mass is 270 g/mol. The minimum atomic E-state index is -7.24. The molecule has 0 nitrogen and oxygen atoms in total. The minimum absolute atomic E-state index is 5.58. The van der Waals surface area contributed by atoms with Crippen LogP contribution in [0.3, 0.4) is 0 Å². The molecule has 0 aromatic carbocycles. The average molecular weight is 270 g/mol. The first-order valence-electron chi connectivity index (χ1n) is 3.18. The molecule has 0 bridgehead atoms. The molecular weight excluding hydrogens is 269 g/mol. The summed E-state index contributed by atoms with van der Waals surface area (Å²) in [6, 6.07) is 0. The Hall–Kier alpha value is -0.770. The van der Waals surface area contributed by atoms with Gasteiger partial charge in [0.05, 0.1) is 0 Å². The molecule has 11 heteroatoms. The fraction of sp³-hybridized carbons (Fsp3) is 1.00. The quantitative estimate of drug-likeness (QED) is 0.671. The molecule has 1 atom stereocenters. The molecule has 1 unspecified atom stereocenters. The lowest BCUT2D eigenvalue weighted by molar-refractivity contribution is -0.403. The van der Waals surface area contributed by atoms with Crippen LogP contribution in [0.15, 0.2) is 0 Å². The van der Waals surface area contributed by atoms with Crippen LogP contribution in [0.25, 0.3) is 0 Å². The van der Waals surface area contributed by atoms with Gasteiger partial charge in [-0.2, -0.15) is 35.1 Å². The highest BCUT2D eigenvalue weighted by Crippen LogP contribution is 2.55. The van der Waals surface area contributed by atoms with Gasteiger partial charge in [0.15, 0.2) is 0 Å². The highest BCUT2D eigenvalue weighted by atomic mass is 19.4. The van der Waals surface area contributed by atoms with E-state index in [1.807, 2.05) is 0 Å². The second kappa shape index (κ2) is 3.62. The van der Waals surface area contributed by atoms with Gasteiger partial charge in [0.25, 0.3) is 6.43 Å². The van der Waals surface area contributed by atoms with Crippen molar-refractivity contribution in [3.63, 3.8) is 0 Å². The first-order chi connectivity index (χ1) is 6.69. The van der Waals surface area contributed by atoms with Crippen molar-refractivity contribution in [2.24, 2.45) is 0 Å². The first-order valence-corrected chi connectivity index (χ1v) is 3.18. The van der Waals surface area contributed by atoms with Crippen LogP contribution in [0.4, 0.5) is 48.3 Å². The molecule has 0 heterocycles. The van der Waals surface area contributed by atoms with Crippen LogP contribution < -0.4 is 0 Å². The van der Waals surface area contributed by atoms with Gasteiger partial charge in [-0.3, -0.25) is 0 Å². The fourth-order valence-electron chi connectivity index (χ4n) is 0.645. The van der Waals surface area contributed by atoms with E-state index in [4.69, 9.17) is 0 Å². The van der Waals surface area contributed by atoms with Gasteiger partial charge in [-0.1, -0.05) is 0 Å². The maximum atomic E-state index is 12.4. The summed E-state index contributed by atoms with van der Waals surface area (Å²) in [7, 11) is 0. The summed E-state index contributed by atoms with van der Waals surface area (Å²) in [5.74, 6) is -7.24. The predicted molar refractivity (Wildman–Crippen MR) is 26.9 cm³/mol. The van der Waals surface area contributed by atoms with Crippen LogP contribution in [0.1, 0.15) is 0 Å². The molecule has 0 aliphatic carbocycles. The standard InChI is InChI=1S/C5HF11/c6-1(7)2(8,4(11,12)13)3(9,10)5(14,15)16/h1H. The summed E-state index contributed by atoms with van der Waals surface area (Å²) in [5.41, 5.74) is -6.97. The van der Waals surface area contributed by atoms with Gasteiger partial charge in [-0.25, -0.2) is 13.2 Å². The van der Waals surface area contributed by atoms with Gasteiger partial charge in [0, 0.05) is 0 Å². The zero-order valence-electron chi connectivity index (χ0n) is 6.73. The zero-order valence-corrected chi connectivity index (χ0v) is 6.73. The molecule has 0 fully saturated rings. The van der Waals surface area contributed by atoms with Crippen LogP contribution in [0, 0.1) is 0 Å². The molecule has 0 aliphatic heterocycles. The number of hydrogen-bond donors (Lipinski definition) is 0. The average Bonchev–Trinajstić information content (AvgIpc) is 1.97. The topological polar surface area (TPSA) is 0 Å². The van der Waals surface area contributed by atoms with Gasteiger partial charge in [-0.05, 0) is 0 Å². The van der Waals surface area contributed by atoms with Crippen molar-refractivity contribution in [1.29, 1.82) is 0 Å². The first kappa shape index (κ1) is 15.2. The summed E-state index contributed by atoms with van der Waals surface area (Å²) in [4.78, 5) is 0. The highest BCUT2D eigenvalue weighted by molar-refractivity contribution is 5.05. The Morgan fingerprint density at radius 3 is 0.938 bits per heavy atom. The van der Waals surface area contributed by atoms with Crippen LogP contribution in [0.5, 0.6) is 0 Å². The normalized spacial score (nSPS) is 18.8. The number of alkyl halides is 11. The third kappa shape index (κ3) is 1.90. The Morgan fingerprint density at radius 1 is 0.562 bits per heavy atom. The van der Waals surface area contributed by atoms with Crippen LogP contribution in [-0.4, -0.2) is 30.4 Å². The largest absolute Gasteiger partial charge is 0.457 e. The Kier molecular flexibility index (Phi) is 3.45. The van der Waals surface area contributed by atoms with E-state index in [1.165, 1.54) is 0 Å². The van der Waals surface area contributed by atoms with E-state index in [1.54, 1.807) is 0 Å². The molecule has 0 saturated heterocycles. The van der Waals surface area contributed by atoms with E-state index in [9.17, 15) is 48.3 Å². The summed E-state index contributed by atoms with van der Waals surface area (Å²) < 4.78 is 128. The van der Waals surface area contributed by atoms with Crippen molar-refractivity contribution >= 4 is 0 Å². The lowest BCUT2D eigenvalue weighted by Gasteiger charge is -2.34. The smallest absolute Gasteiger partial charge is 0.220 e. The van der Waals surface area contributed by atoms with E-state index < -0.39 is 30.4 Å². The highest BCUT2D eigenvalue weighted by Gasteiger charge is 2.85. The third-order valence-corrected chi connectivity index (χ3v) is 1.53. The van der Waals surface area contributed by atoms with Gasteiger partial charge < -0.3 is 0 Å². The minimum Gasteiger partial charge on any atom is -0.220 e. The van der Waals surface area contributed by atoms with E-state index >= 15 is 0 Å². The van der Waals surface area contributed by atoms with Crippen molar-refractivity contribution in [1.82, 2.24) is 0 Å². The zero-order chi connectivity index (χ0) is 13.6. The summed E-state index contributed by atoms with van der Waals surface area (Å²) in [6.45, 7) is 0. The molecular formula is C5HF11. The van der Waals surface area contributed by atoms with E-state index in [0.717, 1.165) is 0 Å². The van der Waals surface area contributed by atoms with Gasteiger partial charge in [0.2, 0.25) is 0 Å². The third-order valence-electron chi connectivity index (χ3n) is 1.53. The van der Waals surface area contributed by atoms with Gasteiger partial charge in [-0.15, -0.1) is 0 Å². The van der Waals surface area contributed by atoms with E-state index in [0.29, 0.717) is 0 Å². The molecule has 0 aromatic heterocycles. The number of hydrogen-bond acceptors (Lipinski definition) is 0. The van der Waals surface area contributed by atoms with Crippen molar-refractivity contribution in [3.8, 4) is 0 Å². The van der Waals surface area contributed by atoms with Crippen molar-refractivity contribution < 1.29 is 48.3 Å². The number of rotatable bonds is 2. The van der Waals surface area contributed by atoms with Crippen molar-refractivity contribution in [2.45, 2.75) is 30.4 Å². The number of halogens is 11. The fourth-order valence-corrected chi connectivity index (χ4v) is 0.645. The van der Waals surface area contributed by atoms with Gasteiger partial charge >= 0.3 is 23.9 Å². The predicted octanol–water partition coefficient (Wildman–Crippen LogP) is 3.72.